The van der Waals surface area contributed by atoms with Gasteiger partial charge in [0.25, 0.3) is 0 Å². The van der Waals surface area contributed by atoms with E-state index in [1.54, 1.807) is 0 Å². The third kappa shape index (κ3) is 6.93. The zero-order chi connectivity index (χ0) is 11.4. The fourth-order valence-corrected chi connectivity index (χ4v) is 0.469. The van der Waals surface area contributed by atoms with Gasteiger partial charge in [0.05, 0.1) is 19.6 Å². The molecule has 0 bridgehead atoms. The van der Waals surface area contributed by atoms with E-state index in [0.717, 1.165) is 0 Å². The Bertz CT molecular complexity index is 161. The van der Waals surface area contributed by atoms with Crippen LogP contribution in [0.4, 0.5) is 30.7 Å². The third-order valence-corrected chi connectivity index (χ3v) is 1.15. The second-order valence-corrected chi connectivity index (χ2v) is 2.45. The molecule has 14 heavy (non-hydrogen) atoms. The van der Waals surface area contributed by atoms with Crippen molar-refractivity contribution in [1.29, 1.82) is 0 Å². The second kappa shape index (κ2) is 4.81. The molecule has 0 aliphatic carbocycles. The molecule has 0 aliphatic rings. The monoisotopic (exact) mass is 228 g/mol. The molecule has 1 nitrogen and oxygen atoms in total. The number of hydrogen-bond donors (Lipinski definition) is 0. The Morgan fingerprint density at radius 2 is 1.50 bits per heavy atom. The van der Waals surface area contributed by atoms with Crippen molar-refractivity contribution in [3.8, 4) is 0 Å². The Balaban J connectivity index is 3.56. The van der Waals surface area contributed by atoms with Gasteiger partial charge < -0.3 is 4.74 Å². The van der Waals surface area contributed by atoms with E-state index in [4.69, 9.17) is 0 Å². The molecule has 0 amide bonds. The standard InChI is InChI=1S/C6H7F7O/c7-4(6(11,12)13)3-14-2-1-5(8,9)10/h4H,1-3H2. The van der Waals surface area contributed by atoms with E-state index in [9.17, 15) is 30.7 Å². The Hall–Kier alpha value is -0.530. The maximum Gasteiger partial charge on any atom is 0.421 e. The Labute approximate surface area is 74.8 Å². The van der Waals surface area contributed by atoms with Gasteiger partial charge in [0.2, 0.25) is 6.17 Å². The molecule has 0 aliphatic heterocycles. The van der Waals surface area contributed by atoms with Crippen LogP contribution >= 0.6 is 0 Å². The van der Waals surface area contributed by atoms with Gasteiger partial charge in [-0.3, -0.25) is 0 Å². The summed E-state index contributed by atoms with van der Waals surface area (Å²) in [5, 5.41) is 0. The summed E-state index contributed by atoms with van der Waals surface area (Å²) in [7, 11) is 0. The molecule has 0 aromatic rings. The number of ether oxygens (including phenoxy) is 1. The van der Waals surface area contributed by atoms with Gasteiger partial charge in [0.1, 0.15) is 0 Å². The van der Waals surface area contributed by atoms with Crippen LogP contribution in [0.1, 0.15) is 6.42 Å². The second-order valence-electron chi connectivity index (χ2n) is 2.45. The summed E-state index contributed by atoms with van der Waals surface area (Å²) in [5.74, 6) is 0. The van der Waals surface area contributed by atoms with Crippen molar-refractivity contribution < 1.29 is 35.5 Å². The lowest BCUT2D eigenvalue weighted by atomic mass is 10.4. The van der Waals surface area contributed by atoms with Gasteiger partial charge in [0.15, 0.2) is 0 Å². The fraction of sp³-hybridized carbons (Fsp3) is 1.00. The maximum atomic E-state index is 12.0. The summed E-state index contributed by atoms with van der Waals surface area (Å²) in [6.45, 7) is -2.38. The number of hydrogen-bond acceptors (Lipinski definition) is 1. The van der Waals surface area contributed by atoms with Crippen LogP contribution in [0.2, 0.25) is 0 Å². The molecular weight excluding hydrogens is 221 g/mol. The SMILES string of the molecule is FC(COCCC(F)(F)F)C(F)(F)F. The first-order valence-corrected chi connectivity index (χ1v) is 3.48. The highest BCUT2D eigenvalue weighted by Gasteiger charge is 2.40. The van der Waals surface area contributed by atoms with E-state index in [-0.39, 0.29) is 0 Å². The van der Waals surface area contributed by atoms with Crippen molar-refractivity contribution in [2.75, 3.05) is 13.2 Å². The highest BCUT2D eigenvalue weighted by atomic mass is 19.4. The van der Waals surface area contributed by atoms with Crippen LogP contribution in [-0.2, 0) is 4.74 Å². The largest absolute Gasteiger partial charge is 0.421 e. The van der Waals surface area contributed by atoms with Gasteiger partial charge in [-0.25, -0.2) is 4.39 Å². The van der Waals surface area contributed by atoms with E-state index >= 15 is 0 Å². The molecule has 0 saturated carbocycles. The molecular formula is C6H7F7O. The molecule has 0 spiro atoms. The molecule has 0 fully saturated rings. The van der Waals surface area contributed by atoms with Crippen molar-refractivity contribution in [3.63, 3.8) is 0 Å². The van der Waals surface area contributed by atoms with Gasteiger partial charge in [-0.05, 0) is 0 Å². The third-order valence-electron chi connectivity index (χ3n) is 1.15. The molecule has 0 heterocycles. The first-order chi connectivity index (χ1) is 6.13. The minimum atomic E-state index is -5.09. The first kappa shape index (κ1) is 13.5. The Kier molecular flexibility index (Phi) is 4.63. The minimum absolute atomic E-state index is 0.972. The van der Waals surface area contributed by atoms with Crippen molar-refractivity contribution in [3.05, 3.63) is 0 Å². The highest BCUT2D eigenvalue weighted by molar-refractivity contribution is 4.64. The van der Waals surface area contributed by atoms with Crippen LogP contribution in [0.15, 0.2) is 0 Å². The summed E-state index contributed by atoms with van der Waals surface area (Å²) >= 11 is 0. The van der Waals surface area contributed by atoms with Crippen molar-refractivity contribution >= 4 is 0 Å². The Morgan fingerprint density at radius 3 is 1.86 bits per heavy atom. The van der Waals surface area contributed by atoms with Crippen molar-refractivity contribution in [1.82, 2.24) is 0 Å². The highest BCUT2D eigenvalue weighted by Crippen LogP contribution is 2.23. The van der Waals surface area contributed by atoms with E-state index in [2.05, 4.69) is 4.74 Å². The lowest BCUT2D eigenvalue weighted by Crippen LogP contribution is -2.29. The number of rotatable bonds is 4. The molecule has 0 radical (unpaired) electrons. The summed E-state index contributed by atoms with van der Waals surface area (Å²) < 4.78 is 84.4. The topological polar surface area (TPSA) is 9.23 Å². The van der Waals surface area contributed by atoms with Crippen LogP contribution in [0.5, 0.6) is 0 Å². The van der Waals surface area contributed by atoms with Gasteiger partial charge in [-0.2, -0.15) is 26.3 Å². The van der Waals surface area contributed by atoms with Gasteiger partial charge in [0, 0.05) is 0 Å². The average molecular weight is 228 g/mol. The van der Waals surface area contributed by atoms with E-state index < -0.39 is 38.2 Å². The average Bonchev–Trinajstić information content (AvgIpc) is 1.93. The predicted octanol–water partition coefficient (Wildman–Crippen LogP) is 2.86. The summed E-state index contributed by atoms with van der Waals surface area (Å²) in [5.41, 5.74) is 0. The van der Waals surface area contributed by atoms with Gasteiger partial charge in [-0.15, -0.1) is 0 Å². The normalized spacial score (nSPS) is 15.6. The van der Waals surface area contributed by atoms with Crippen molar-refractivity contribution in [2.24, 2.45) is 0 Å². The quantitative estimate of drug-likeness (QED) is 0.531. The molecule has 0 saturated heterocycles. The van der Waals surface area contributed by atoms with E-state index in [0.29, 0.717) is 0 Å². The molecule has 0 aromatic carbocycles. The van der Waals surface area contributed by atoms with Crippen LogP contribution in [0, 0.1) is 0 Å². The van der Waals surface area contributed by atoms with Gasteiger partial charge in [-0.1, -0.05) is 0 Å². The molecule has 1 unspecified atom stereocenters. The molecule has 0 N–H and O–H groups in total. The summed E-state index contributed by atoms with van der Waals surface area (Å²) in [4.78, 5) is 0. The van der Waals surface area contributed by atoms with E-state index in [1.165, 1.54) is 0 Å². The molecule has 8 heteroatoms. The van der Waals surface area contributed by atoms with Crippen LogP contribution in [-0.4, -0.2) is 31.7 Å². The predicted molar refractivity (Wildman–Crippen MR) is 32.4 cm³/mol. The zero-order valence-electron chi connectivity index (χ0n) is 6.75. The summed E-state index contributed by atoms with van der Waals surface area (Å²) in [6.07, 6.45) is -14.2. The number of alkyl halides is 7. The van der Waals surface area contributed by atoms with Gasteiger partial charge >= 0.3 is 12.4 Å². The minimum Gasteiger partial charge on any atom is -0.378 e. The first-order valence-electron chi connectivity index (χ1n) is 3.48. The number of halogens is 7. The Morgan fingerprint density at radius 1 is 1.00 bits per heavy atom. The molecule has 86 valence electrons. The molecule has 0 aromatic heterocycles. The molecule has 1 atom stereocenters. The van der Waals surface area contributed by atoms with E-state index in [1.807, 2.05) is 0 Å². The smallest absolute Gasteiger partial charge is 0.378 e. The van der Waals surface area contributed by atoms with Crippen LogP contribution in [0.3, 0.4) is 0 Å². The lowest BCUT2D eigenvalue weighted by molar-refractivity contribution is -0.197. The van der Waals surface area contributed by atoms with Crippen molar-refractivity contribution in [2.45, 2.75) is 24.9 Å². The summed E-state index contributed by atoms with van der Waals surface area (Å²) in [6, 6.07) is 0. The fourth-order valence-electron chi connectivity index (χ4n) is 0.469. The zero-order valence-corrected chi connectivity index (χ0v) is 6.75. The maximum absolute atomic E-state index is 12.0. The van der Waals surface area contributed by atoms with Crippen LogP contribution < -0.4 is 0 Å². The molecule has 0 rings (SSSR count). The lowest BCUT2D eigenvalue weighted by Gasteiger charge is -2.12. The van der Waals surface area contributed by atoms with Crippen LogP contribution in [0.25, 0.3) is 0 Å².